The summed E-state index contributed by atoms with van der Waals surface area (Å²) in [4.78, 5) is 38.0. The van der Waals surface area contributed by atoms with E-state index in [4.69, 9.17) is 5.73 Å². The molecule has 4 rings (SSSR count). The predicted octanol–water partition coefficient (Wildman–Crippen LogP) is 0.273. The summed E-state index contributed by atoms with van der Waals surface area (Å²) in [6.07, 6.45) is 3.53. The number of benzene rings is 1. The highest BCUT2D eigenvalue weighted by atomic mass is 16.3. The van der Waals surface area contributed by atoms with Gasteiger partial charge in [0.1, 0.15) is 6.04 Å². The van der Waals surface area contributed by atoms with Crippen LogP contribution in [0.5, 0.6) is 0 Å². The maximum atomic E-state index is 12.9. The molecule has 30 heavy (non-hydrogen) atoms. The fourth-order valence-electron chi connectivity index (χ4n) is 4.89. The first-order chi connectivity index (χ1) is 14.5. The van der Waals surface area contributed by atoms with E-state index in [2.05, 4.69) is 10.6 Å². The normalized spacial score (nSPS) is 29.1. The molecule has 0 spiro atoms. The lowest BCUT2D eigenvalue weighted by molar-refractivity contribution is -0.136. The van der Waals surface area contributed by atoms with Crippen LogP contribution in [-0.2, 0) is 22.7 Å². The first kappa shape index (κ1) is 21.0. The molecule has 5 N–H and O–H groups in total. The molecular formula is C22H30N4O4. The van der Waals surface area contributed by atoms with Crippen LogP contribution < -0.4 is 16.4 Å². The fourth-order valence-corrected chi connectivity index (χ4v) is 4.89. The quantitative estimate of drug-likeness (QED) is 0.496. The number of carbonyl (C=O) groups is 3. The second kappa shape index (κ2) is 8.83. The van der Waals surface area contributed by atoms with Crippen molar-refractivity contribution in [2.24, 2.45) is 17.6 Å². The number of aliphatic hydroxyl groups excluding tert-OH is 1. The molecule has 1 aromatic carbocycles. The minimum Gasteiger partial charge on any atom is -0.396 e. The molecule has 2 heterocycles. The van der Waals surface area contributed by atoms with Gasteiger partial charge in [0, 0.05) is 37.7 Å². The van der Waals surface area contributed by atoms with E-state index in [0.717, 1.165) is 36.9 Å². The molecule has 0 radical (unpaired) electrons. The Hall–Kier alpha value is -2.29. The van der Waals surface area contributed by atoms with E-state index in [-0.39, 0.29) is 36.8 Å². The van der Waals surface area contributed by atoms with Gasteiger partial charge in [-0.1, -0.05) is 12.1 Å². The second-order valence-corrected chi connectivity index (χ2v) is 8.81. The number of rotatable bonds is 6. The molecule has 8 nitrogen and oxygen atoms in total. The zero-order chi connectivity index (χ0) is 21.3. The zero-order valence-corrected chi connectivity index (χ0v) is 17.1. The minimum atomic E-state index is -0.584. The van der Waals surface area contributed by atoms with Gasteiger partial charge in [0.25, 0.3) is 5.91 Å². The number of nitrogens with zero attached hydrogens (tertiary/aromatic N) is 1. The van der Waals surface area contributed by atoms with Gasteiger partial charge in [-0.15, -0.1) is 0 Å². The van der Waals surface area contributed by atoms with Crippen molar-refractivity contribution in [2.75, 3.05) is 13.2 Å². The molecule has 3 amide bonds. The summed E-state index contributed by atoms with van der Waals surface area (Å²) in [5.74, 6) is -0.0938. The fraction of sp³-hybridized carbons (Fsp3) is 0.591. The standard InChI is InChI=1S/C22H30N4O4/c23-18-8-14(12-27)2-3-15(18)10-24-9-13-1-4-16-11-26(22(30)17(16)7-13)19-5-6-20(28)25-21(19)29/h1,4,7,14-15,18-19,24,27H,2-3,5-6,8-12,23H2,(H,25,28,29)/t14-,15-,18-,19?/m1/s1. The number of fused-ring (bicyclic) bond motifs is 1. The van der Waals surface area contributed by atoms with Crippen LogP contribution in [0.1, 0.15) is 53.6 Å². The van der Waals surface area contributed by atoms with Crippen molar-refractivity contribution in [3.63, 3.8) is 0 Å². The molecule has 2 aliphatic heterocycles. The number of hydrogen-bond donors (Lipinski definition) is 4. The predicted molar refractivity (Wildman–Crippen MR) is 110 cm³/mol. The maximum Gasteiger partial charge on any atom is 0.255 e. The van der Waals surface area contributed by atoms with Gasteiger partial charge in [0.15, 0.2) is 0 Å². The van der Waals surface area contributed by atoms with Crippen LogP contribution in [0, 0.1) is 11.8 Å². The Morgan fingerprint density at radius 1 is 1.20 bits per heavy atom. The summed E-state index contributed by atoms with van der Waals surface area (Å²) in [5.41, 5.74) is 8.84. The second-order valence-electron chi connectivity index (χ2n) is 8.81. The molecule has 1 aliphatic carbocycles. The highest BCUT2D eigenvalue weighted by molar-refractivity contribution is 6.05. The summed E-state index contributed by atoms with van der Waals surface area (Å²) < 4.78 is 0. The number of amides is 3. The molecule has 0 aromatic heterocycles. The third-order valence-corrected chi connectivity index (χ3v) is 6.74. The zero-order valence-electron chi connectivity index (χ0n) is 17.1. The Labute approximate surface area is 176 Å². The number of hydrogen-bond acceptors (Lipinski definition) is 6. The number of aliphatic hydroxyl groups is 1. The largest absolute Gasteiger partial charge is 0.396 e. The summed E-state index contributed by atoms with van der Waals surface area (Å²) in [5, 5.41) is 15.1. The number of carbonyl (C=O) groups excluding carboxylic acids is 3. The SMILES string of the molecule is N[C@@H]1C[C@H](CO)CC[C@@H]1CNCc1ccc2c(c1)C(=O)N(C1CCC(=O)NC1=O)C2. The van der Waals surface area contributed by atoms with Crippen molar-refractivity contribution in [3.8, 4) is 0 Å². The molecule has 3 aliphatic rings. The van der Waals surface area contributed by atoms with E-state index < -0.39 is 6.04 Å². The van der Waals surface area contributed by atoms with Gasteiger partial charge < -0.3 is 21.1 Å². The Balaban J connectivity index is 1.33. The molecule has 162 valence electrons. The van der Waals surface area contributed by atoms with Crippen LogP contribution in [0.3, 0.4) is 0 Å². The van der Waals surface area contributed by atoms with Gasteiger partial charge >= 0.3 is 0 Å². The maximum absolute atomic E-state index is 12.9. The highest BCUT2D eigenvalue weighted by Crippen LogP contribution is 2.29. The topological polar surface area (TPSA) is 125 Å². The summed E-state index contributed by atoms with van der Waals surface area (Å²) >= 11 is 0. The Morgan fingerprint density at radius 2 is 2.03 bits per heavy atom. The Bertz CT molecular complexity index is 842. The van der Waals surface area contributed by atoms with Gasteiger partial charge in [0.2, 0.25) is 11.8 Å². The molecular weight excluding hydrogens is 384 g/mol. The number of nitrogens with one attached hydrogen (secondary N) is 2. The summed E-state index contributed by atoms with van der Waals surface area (Å²) in [7, 11) is 0. The Morgan fingerprint density at radius 3 is 2.77 bits per heavy atom. The van der Waals surface area contributed by atoms with Crippen LogP contribution in [-0.4, -0.2) is 53.0 Å². The first-order valence-corrected chi connectivity index (χ1v) is 10.8. The van der Waals surface area contributed by atoms with E-state index >= 15 is 0 Å². The van der Waals surface area contributed by atoms with Gasteiger partial charge in [0.05, 0.1) is 0 Å². The third-order valence-electron chi connectivity index (χ3n) is 6.74. The molecule has 1 unspecified atom stereocenters. The van der Waals surface area contributed by atoms with E-state index in [1.807, 2.05) is 18.2 Å². The molecule has 8 heteroatoms. The van der Waals surface area contributed by atoms with Crippen molar-refractivity contribution < 1.29 is 19.5 Å². The monoisotopic (exact) mass is 414 g/mol. The number of piperidine rings is 1. The van der Waals surface area contributed by atoms with E-state index in [1.54, 1.807) is 4.90 Å². The van der Waals surface area contributed by atoms with Crippen molar-refractivity contribution in [2.45, 2.75) is 57.3 Å². The van der Waals surface area contributed by atoms with Crippen LogP contribution in [0.4, 0.5) is 0 Å². The van der Waals surface area contributed by atoms with Gasteiger partial charge in [-0.25, -0.2) is 0 Å². The highest BCUT2D eigenvalue weighted by Gasteiger charge is 2.39. The lowest BCUT2D eigenvalue weighted by atomic mass is 9.79. The molecule has 1 saturated heterocycles. The number of imide groups is 1. The van der Waals surface area contributed by atoms with Crippen LogP contribution in [0.15, 0.2) is 18.2 Å². The molecule has 0 bridgehead atoms. The summed E-state index contributed by atoms with van der Waals surface area (Å²) in [6, 6.07) is 5.38. The van der Waals surface area contributed by atoms with Crippen molar-refractivity contribution in [3.05, 3.63) is 34.9 Å². The number of nitrogens with two attached hydrogens (primary N) is 1. The molecule has 1 aromatic rings. The van der Waals surface area contributed by atoms with Crippen LogP contribution >= 0.6 is 0 Å². The molecule has 4 atom stereocenters. The van der Waals surface area contributed by atoms with E-state index in [0.29, 0.717) is 36.9 Å². The molecule has 1 saturated carbocycles. The minimum absolute atomic E-state index is 0.104. The van der Waals surface area contributed by atoms with E-state index in [1.165, 1.54) is 0 Å². The average Bonchev–Trinajstić information content (AvgIpc) is 3.05. The van der Waals surface area contributed by atoms with Gasteiger partial charge in [-0.3, -0.25) is 19.7 Å². The lowest BCUT2D eigenvalue weighted by Gasteiger charge is -2.33. The Kier molecular flexibility index (Phi) is 6.17. The third kappa shape index (κ3) is 4.26. The molecule has 2 fully saturated rings. The average molecular weight is 415 g/mol. The van der Waals surface area contributed by atoms with E-state index in [9.17, 15) is 19.5 Å². The lowest BCUT2D eigenvalue weighted by Crippen LogP contribution is -2.52. The smallest absolute Gasteiger partial charge is 0.255 e. The van der Waals surface area contributed by atoms with Gasteiger partial charge in [-0.2, -0.15) is 0 Å². The van der Waals surface area contributed by atoms with Crippen molar-refractivity contribution in [1.82, 2.24) is 15.5 Å². The van der Waals surface area contributed by atoms with Crippen molar-refractivity contribution in [1.29, 1.82) is 0 Å². The first-order valence-electron chi connectivity index (χ1n) is 10.8. The van der Waals surface area contributed by atoms with Crippen LogP contribution in [0.2, 0.25) is 0 Å². The van der Waals surface area contributed by atoms with Crippen LogP contribution in [0.25, 0.3) is 0 Å². The van der Waals surface area contributed by atoms with Gasteiger partial charge in [-0.05, 0) is 61.3 Å². The van der Waals surface area contributed by atoms with Crippen molar-refractivity contribution >= 4 is 17.7 Å². The summed E-state index contributed by atoms with van der Waals surface area (Å²) in [6.45, 7) is 2.07.